The van der Waals surface area contributed by atoms with Crippen molar-refractivity contribution < 1.29 is 28.6 Å². The molecule has 1 unspecified atom stereocenters. The van der Waals surface area contributed by atoms with Gasteiger partial charge < -0.3 is 14.2 Å². The Kier molecular flexibility index (Phi) is 52.0. The second-order valence-corrected chi connectivity index (χ2v) is 22.5. The Labute approximate surface area is 425 Å². The fourth-order valence-electron chi connectivity index (χ4n) is 9.50. The average Bonchev–Trinajstić information content (AvgIpc) is 3.31. The molecule has 0 heterocycles. The van der Waals surface area contributed by atoms with Crippen LogP contribution in [-0.2, 0) is 28.6 Å². The molecule has 0 aliphatic heterocycles. The van der Waals surface area contributed by atoms with Gasteiger partial charge in [-0.2, -0.15) is 0 Å². The third kappa shape index (κ3) is 53.8. The molecular formula is C62H120O6. The van der Waals surface area contributed by atoms with Crippen LogP contribution in [-0.4, -0.2) is 37.2 Å². The van der Waals surface area contributed by atoms with E-state index >= 15 is 0 Å². The van der Waals surface area contributed by atoms with E-state index in [0.717, 1.165) is 75.5 Å². The molecule has 0 amide bonds. The number of carbonyl (C=O) groups is 3. The summed E-state index contributed by atoms with van der Waals surface area (Å²) in [6, 6.07) is 0. The van der Waals surface area contributed by atoms with Crippen molar-refractivity contribution in [3.63, 3.8) is 0 Å². The van der Waals surface area contributed by atoms with E-state index < -0.39 is 6.10 Å². The lowest BCUT2D eigenvalue weighted by atomic mass is 9.99. The standard InChI is InChI=1S/C62H120O6/c1-7-58(6)50-44-38-32-25-21-17-14-15-18-22-26-33-39-45-51-60(63)66-54-59(55-67-61(64)52-46-40-34-29-28-31-37-43-49-57(4)5)68-62(65)53-47-41-35-27-23-19-13-11-9-8-10-12-16-20-24-30-36-42-48-56(2)3/h56-59H,7-55H2,1-6H3/t58?,59-/m1/s1. The lowest BCUT2D eigenvalue weighted by molar-refractivity contribution is -0.167. The van der Waals surface area contributed by atoms with Gasteiger partial charge in [0.1, 0.15) is 13.2 Å². The summed E-state index contributed by atoms with van der Waals surface area (Å²) in [7, 11) is 0. The maximum atomic E-state index is 12.9. The highest BCUT2D eigenvalue weighted by Crippen LogP contribution is 2.19. The monoisotopic (exact) mass is 961 g/mol. The van der Waals surface area contributed by atoms with Gasteiger partial charge in [-0.1, -0.05) is 305 Å². The number of ether oxygens (including phenoxy) is 3. The molecule has 0 aromatic rings. The molecule has 6 heteroatoms. The molecule has 0 saturated heterocycles. The first-order valence-electron chi connectivity index (χ1n) is 30.6. The van der Waals surface area contributed by atoms with Crippen molar-refractivity contribution >= 4 is 17.9 Å². The number of esters is 3. The molecule has 0 aliphatic carbocycles. The summed E-state index contributed by atoms with van der Waals surface area (Å²) >= 11 is 0. The van der Waals surface area contributed by atoms with Crippen molar-refractivity contribution in [2.45, 2.75) is 349 Å². The SMILES string of the molecule is CCC(C)CCCCCCCCCCCCCCCCC(=O)OC[C@H](COC(=O)CCCCCCCCCCC(C)C)OC(=O)CCCCCCCCCCCCCCCCCCCCC(C)C. The highest BCUT2D eigenvalue weighted by molar-refractivity contribution is 5.71. The molecule has 0 N–H and O–H groups in total. The Morgan fingerprint density at radius 3 is 0.765 bits per heavy atom. The van der Waals surface area contributed by atoms with Crippen molar-refractivity contribution in [3.05, 3.63) is 0 Å². The van der Waals surface area contributed by atoms with Gasteiger partial charge in [0, 0.05) is 19.3 Å². The number of unbranched alkanes of at least 4 members (excludes halogenated alkanes) is 37. The zero-order valence-electron chi connectivity index (χ0n) is 46.9. The van der Waals surface area contributed by atoms with Gasteiger partial charge in [-0.3, -0.25) is 14.4 Å². The minimum Gasteiger partial charge on any atom is -0.462 e. The van der Waals surface area contributed by atoms with Crippen molar-refractivity contribution in [2.75, 3.05) is 13.2 Å². The van der Waals surface area contributed by atoms with Crippen LogP contribution in [0.25, 0.3) is 0 Å². The molecule has 0 aliphatic rings. The summed E-state index contributed by atoms with van der Waals surface area (Å²) < 4.78 is 16.9. The van der Waals surface area contributed by atoms with Crippen molar-refractivity contribution in [2.24, 2.45) is 17.8 Å². The summed E-state index contributed by atoms with van der Waals surface area (Å²) in [5.41, 5.74) is 0. The van der Waals surface area contributed by atoms with E-state index in [1.165, 1.54) is 225 Å². The third-order valence-electron chi connectivity index (χ3n) is 14.5. The fraction of sp³-hybridized carbons (Fsp3) is 0.952. The molecular weight excluding hydrogens is 841 g/mol. The third-order valence-corrected chi connectivity index (χ3v) is 14.5. The van der Waals surface area contributed by atoms with Crippen LogP contribution in [0.3, 0.4) is 0 Å². The van der Waals surface area contributed by atoms with Gasteiger partial charge in [0.05, 0.1) is 0 Å². The van der Waals surface area contributed by atoms with Gasteiger partial charge in [0.25, 0.3) is 0 Å². The molecule has 2 atom stereocenters. The second kappa shape index (κ2) is 53.2. The second-order valence-electron chi connectivity index (χ2n) is 22.5. The summed E-state index contributed by atoms with van der Waals surface area (Å²) in [6.45, 7) is 13.8. The van der Waals surface area contributed by atoms with Crippen molar-refractivity contribution in [1.29, 1.82) is 0 Å². The molecule has 0 rings (SSSR count). The van der Waals surface area contributed by atoms with E-state index in [4.69, 9.17) is 14.2 Å². The molecule has 0 bridgehead atoms. The van der Waals surface area contributed by atoms with Gasteiger partial charge in [-0.05, 0) is 37.0 Å². The number of hydrogen-bond acceptors (Lipinski definition) is 6. The Balaban J connectivity index is 4.24. The first kappa shape index (κ1) is 66.4. The van der Waals surface area contributed by atoms with Crippen LogP contribution in [0, 0.1) is 17.8 Å². The Hall–Kier alpha value is -1.59. The van der Waals surface area contributed by atoms with E-state index in [2.05, 4.69) is 41.5 Å². The quantitative estimate of drug-likeness (QED) is 0.0343. The molecule has 6 nitrogen and oxygen atoms in total. The predicted molar refractivity (Wildman–Crippen MR) is 293 cm³/mol. The summed E-state index contributed by atoms with van der Waals surface area (Å²) in [5.74, 6) is 1.71. The smallest absolute Gasteiger partial charge is 0.306 e. The Morgan fingerprint density at radius 2 is 0.515 bits per heavy atom. The van der Waals surface area contributed by atoms with Crippen LogP contribution in [0.1, 0.15) is 343 Å². The normalized spacial score (nSPS) is 12.5. The maximum absolute atomic E-state index is 12.9. The predicted octanol–water partition coefficient (Wildman–Crippen LogP) is 20.3. The van der Waals surface area contributed by atoms with Crippen LogP contribution in [0.5, 0.6) is 0 Å². The highest BCUT2D eigenvalue weighted by atomic mass is 16.6. The number of carbonyl (C=O) groups excluding carboxylic acids is 3. The van der Waals surface area contributed by atoms with Gasteiger partial charge >= 0.3 is 17.9 Å². The van der Waals surface area contributed by atoms with E-state index in [9.17, 15) is 14.4 Å². The van der Waals surface area contributed by atoms with Crippen LogP contribution in [0.15, 0.2) is 0 Å². The zero-order chi connectivity index (χ0) is 49.8. The van der Waals surface area contributed by atoms with E-state index in [1.54, 1.807) is 0 Å². The van der Waals surface area contributed by atoms with Crippen molar-refractivity contribution in [3.8, 4) is 0 Å². The fourth-order valence-corrected chi connectivity index (χ4v) is 9.50. The van der Waals surface area contributed by atoms with Crippen LogP contribution >= 0.6 is 0 Å². The van der Waals surface area contributed by atoms with Gasteiger partial charge in [-0.25, -0.2) is 0 Å². The average molecular weight is 962 g/mol. The molecule has 404 valence electrons. The first-order chi connectivity index (χ1) is 33.1. The summed E-state index contributed by atoms with van der Waals surface area (Å²) in [6.07, 6.45) is 56.7. The molecule has 0 radical (unpaired) electrons. The van der Waals surface area contributed by atoms with Crippen molar-refractivity contribution in [1.82, 2.24) is 0 Å². The first-order valence-corrected chi connectivity index (χ1v) is 30.6. The van der Waals surface area contributed by atoms with E-state index in [0.29, 0.717) is 19.3 Å². The lowest BCUT2D eigenvalue weighted by Gasteiger charge is -2.18. The molecule has 68 heavy (non-hydrogen) atoms. The largest absolute Gasteiger partial charge is 0.462 e. The van der Waals surface area contributed by atoms with Crippen LogP contribution in [0.2, 0.25) is 0 Å². The van der Waals surface area contributed by atoms with Crippen LogP contribution < -0.4 is 0 Å². The Morgan fingerprint density at radius 1 is 0.294 bits per heavy atom. The number of hydrogen-bond donors (Lipinski definition) is 0. The molecule has 0 saturated carbocycles. The summed E-state index contributed by atoms with van der Waals surface area (Å²) in [4.78, 5) is 38.2. The molecule has 0 fully saturated rings. The molecule has 0 aromatic carbocycles. The highest BCUT2D eigenvalue weighted by Gasteiger charge is 2.19. The Bertz CT molecular complexity index is 1060. The van der Waals surface area contributed by atoms with E-state index in [-0.39, 0.29) is 31.1 Å². The van der Waals surface area contributed by atoms with E-state index in [1.807, 2.05) is 0 Å². The lowest BCUT2D eigenvalue weighted by Crippen LogP contribution is -2.30. The van der Waals surface area contributed by atoms with Gasteiger partial charge in [-0.15, -0.1) is 0 Å². The van der Waals surface area contributed by atoms with Gasteiger partial charge in [0.15, 0.2) is 6.10 Å². The minimum atomic E-state index is -0.764. The number of rotatable bonds is 55. The maximum Gasteiger partial charge on any atom is 0.306 e. The zero-order valence-corrected chi connectivity index (χ0v) is 46.9. The van der Waals surface area contributed by atoms with Gasteiger partial charge in [0.2, 0.25) is 0 Å². The topological polar surface area (TPSA) is 78.9 Å². The minimum absolute atomic E-state index is 0.0635. The molecule has 0 spiro atoms. The molecule has 0 aromatic heterocycles. The van der Waals surface area contributed by atoms with Crippen LogP contribution in [0.4, 0.5) is 0 Å². The summed E-state index contributed by atoms with van der Waals surface area (Å²) in [5, 5.41) is 0.